The molecule has 2 unspecified atom stereocenters. The Morgan fingerprint density at radius 1 is 1.00 bits per heavy atom. The highest BCUT2D eigenvalue weighted by molar-refractivity contribution is 5.84. The zero-order valence-electron chi connectivity index (χ0n) is 9.43. The van der Waals surface area contributed by atoms with Gasteiger partial charge < -0.3 is 15.3 Å². The molecular weight excluding hydrogens is 216 g/mol. The maximum absolute atomic E-state index is 11.0. The van der Waals surface area contributed by atoms with Crippen LogP contribution < -0.4 is 0 Å². The number of hydrogen-bond acceptors (Lipinski definition) is 3. The van der Waals surface area contributed by atoms with E-state index in [1.54, 1.807) is 20.8 Å². The van der Waals surface area contributed by atoms with Gasteiger partial charge in [0.1, 0.15) is 0 Å². The highest BCUT2D eigenvalue weighted by Crippen LogP contribution is 2.34. The quantitative estimate of drug-likeness (QED) is 0.649. The van der Waals surface area contributed by atoms with Crippen molar-refractivity contribution in [3.63, 3.8) is 0 Å². The molecule has 2 atom stereocenters. The normalized spacial score (nSPS) is 15.2. The molecule has 0 saturated carbocycles. The van der Waals surface area contributed by atoms with Crippen LogP contribution in [0.15, 0.2) is 0 Å². The molecule has 92 valence electrons. The molecule has 0 aromatic heterocycles. The van der Waals surface area contributed by atoms with Gasteiger partial charge in [-0.25, -0.2) is 0 Å². The minimum absolute atomic E-state index is 0.691. The molecule has 0 amide bonds. The van der Waals surface area contributed by atoms with Gasteiger partial charge in [-0.2, -0.15) is 0 Å². The Balaban J connectivity index is 5.19. The SMILES string of the molecule is CC(C)(C)C(C(=O)O)C(CC(=O)O)C(=O)O. The van der Waals surface area contributed by atoms with Crippen LogP contribution in [0, 0.1) is 17.3 Å². The first kappa shape index (κ1) is 14.4. The number of carbonyl (C=O) groups is 3. The summed E-state index contributed by atoms with van der Waals surface area (Å²) < 4.78 is 0. The third-order valence-electron chi connectivity index (χ3n) is 2.31. The molecule has 0 aliphatic heterocycles. The van der Waals surface area contributed by atoms with Crippen molar-refractivity contribution >= 4 is 17.9 Å². The first-order valence-corrected chi connectivity index (χ1v) is 4.74. The fourth-order valence-corrected chi connectivity index (χ4v) is 1.68. The second kappa shape index (κ2) is 4.96. The lowest BCUT2D eigenvalue weighted by Gasteiger charge is -2.30. The van der Waals surface area contributed by atoms with E-state index >= 15 is 0 Å². The summed E-state index contributed by atoms with van der Waals surface area (Å²) in [5.41, 5.74) is -0.815. The van der Waals surface area contributed by atoms with Crippen LogP contribution in [-0.4, -0.2) is 33.2 Å². The minimum atomic E-state index is -1.42. The molecule has 6 nitrogen and oxygen atoms in total. The van der Waals surface area contributed by atoms with Crippen molar-refractivity contribution in [1.29, 1.82) is 0 Å². The standard InChI is InChI=1S/C10H16O6/c1-10(2,3)7(9(15)16)5(8(13)14)4-6(11)12/h5,7H,4H2,1-3H3,(H,11,12)(H,13,14)(H,15,16). The van der Waals surface area contributed by atoms with Crippen molar-refractivity contribution in [3.05, 3.63) is 0 Å². The Morgan fingerprint density at radius 3 is 1.62 bits per heavy atom. The summed E-state index contributed by atoms with van der Waals surface area (Å²) in [5.74, 6) is -6.66. The maximum Gasteiger partial charge on any atom is 0.307 e. The van der Waals surface area contributed by atoms with Gasteiger partial charge in [-0.05, 0) is 5.41 Å². The molecule has 0 aromatic rings. The van der Waals surface area contributed by atoms with E-state index in [-0.39, 0.29) is 0 Å². The van der Waals surface area contributed by atoms with Gasteiger partial charge in [-0.1, -0.05) is 20.8 Å². The summed E-state index contributed by atoms with van der Waals surface area (Å²) in [6.07, 6.45) is -0.691. The second-order valence-electron chi connectivity index (χ2n) is 4.72. The van der Waals surface area contributed by atoms with Crippen molar-refractivity contribution in [2.75, 3.05) is 0 Å². The lowest BCUT2D eigenvalue weighted by atomic mass is 9.72. The first-order valence-electron chi connectivity index (χ1n) is 4.74. The van der Waals surface area contributed by atoms with E-state index in [4.69, 9.17) is 15.3 Å². The molecule has 0 radical (unpaired) electrons. The third kappa shape index (κ3) is 3.88. The molecule has 0 heterocycles. The Bertz CT molecular complexity index is 301. The summed E-state index contributed by atoms with van der Waals surface area (Å²) in [5, 5.41) is 26.4. The lowest BCUT2D eigenvalue weighted by Crippen LogP contribution is -2.40. The molecular formula is C10H16O6. The summed E-state index contributed by atoms with van der Waals surface area (Å²) in [6.45, 7) is 4.72. The number of carboxylic acids is 3. The monoisotopic (exact) mass is 232 g/mol. The summed E-state index contributed by atoms with van der Waals surface area (Å²) >= 11 is 0. The molecule has 0 aromatic carbocycles. The number of carboxylic acid groups (broad SMARTS) is 3. The smallest absolute Gasteiger partial charge is 0.307 e. The highest BCUT2D eigenvalue weighted by atomic mass is 16.4. The van der Waals surface area contributed by atoms with E-state index in [9.17, 15) is 14.4 Å². The van der Waals surface area contributed by atoms with Gasteiger partial charge in [-0.3, -0.25) is 14.4 Å². The number of aliphatic carboxylic acids is 3. The van der Waals surface area contributed by atoms with Gasteiger partial charge in [0.2, 0.25) is 0 Å². The van der Waals surface area contributed by atoms with Crippen LogP contribution in [0.1, 0.15) is 27.2 Å². The third-order valence-corrected chi connectivity index (χ3v) is 2.31. The Labute approximate surface area is 92.9 Å². The molecule has 0 aliphatic rings. The van der Waals surface area contributed by atoms with E-state index in [2.05, 4.69) is 0 Å². The molecule has 0 fully saturated rings. The van der Waals surface area contributed by atoms with Crippen LogP contribution in [-0.2, 0) is 14.4 Å². The molecule has 3 N–H and O–H groups in total. The van der Waals surface area contributed by atoms with Gasteiger partial charge in [-0.15, -0.1) is 0 Å². The van der Waals surface area contributed by atoms with Crippen LogP contribution in [0.3, 0.4) is 0 Å². The molecule has 6 heteroatoms. The molecule has 0 saturated heterocycles. The topological polar surface area (TPSA) is 112 Å². The fourth-order valence-electron chi connectivity index (χ4n) is 1.68. The zero-order chi connectivity index (χ0) is 13.1. The van der Waals surface area contributed by atoms with E-state index < -0.39 is 41.6 Å². The Kier molecular flexibility index (Phi) is 4.47. The molecule has 0 spiro atoms. The van der Waals surface area contributed by atoms with Crippen LogP contribution in [0.4, 0.5) is 0 Å². The highest BCUT2D eigenvalue weighted by Gasteiger charge is 2.42. The van der Waals surface area contributed by atoms with Gasteiger partial charge in [0.05, 0.1) is 18.3 Å². The molecule has 16 heavy (non-hydrogen) atoms. The van der Waals surface area contributed by atoms with E-state index in [0.29, 0.717) is 0 Å². The Hall–Kier alpha value is -1.59. The number of rotatable bonds is 5. The van der Waals surface area contributed by atoms with E-state index in [1.165, 1.54) is 0 Å². The van der Waals surface area contributed by atoms with Crippen molar-refractivity contribution in [1.82, 2.24) is 0 Å². The van der Waals surface area contributed by atoms with Crippen molar-refractivity contribution in [2.24, 2.45) is 17.3 Å². The van der Waals surface area contributed by atoms with Crippen LogP contribution >= 0.6 is 0 Å². The Morgan fingerprint density at radius 2 is 1.44 bits per heavy atom. The van der Waals surface area contributed by atoms with Crippen LogP contribution in [0.5, 0.6) is 0 Å². The van der Waals surface area contributed by atoms with E-state index in [0.717, 1.165) is 0 Å². The van der Waals surface area contributed by atoms with Crippen molar-refractivity contribution < 1.29 is 29.7 Å². The summed E-state index contributed by atoms with van der Waals surface area (Å²) in [6, 6.07) is 0. The predicted molar refractivity (Wildman–Crippen MR) is 54.0 cm³/mol. The van der Waals surface area contributed by atoms with Crippen molar-refractivity contribution in [3.8, 4) is 0 Å². The maximum atomic E-state index is 11.0. The predicted octanol–water partition coefficient (Wildman–Crippen LogP) is 0.909. The van der Waals surface area contributed by atoms with Crippen molar-refractivity contribution in [2.45, 2.75) is 27.2 Å². The largest absolute Gasteiger partial charge is 0.481 e. The summed E-state index contributed by atoms with van der Waals surface area (Å²) in [7, 11) is 0. The van der Waals surface area contributed by atoms with Gasteiger partial charge in [0.15, 0.2) is 0 Å². The van der Waals surface area contributed by atoms with Crippen LogP contribution in [0.2, 0.25) is 0 Å². The average Bonchev–Trinajstić information content (AvgIpc) is 1.97. The average molecular weight is 232 g/mol. The lowest BCUT2D eigenvalue weighted by molar-refractivity contribution is -0.161. The van der Waals surface area contributed by atoms with Gasteiger partial charge >= 0.3 is 17.9 Å². The van der Waals surface area contributed by atoms with Gasteiger partial charge in [0, 0.05) is 0 Å². The molecule has 0 aliphatic carbocycles. The van der Waals surface area contributed by atoms with Crippen LogP contribution in [0.25, 0.3) is 0 Å². The first-order chi connectivity index (χ1) is 7.07. The summed E-state index contributed by atoms with van der Waals surface area (Å²) in [4.78, 5) is 32.4. The molecule has 0 bridgehead atoms. The fraction of sp³-hybridized carbons (Fsp3) is 0.700. The number of hydrogen-bond donors (Lipinski definition) is 3. The second-order valence-corrected chi connectivity index (χ2v) is 4.72. The molecule has 0 rings (SSSR count). The minimum Gasteiger partial charge on any atom is -0.481 e. The van der Waals surface area contributed by atoms with E-state index in [1.807, 2.05) is 0 Å². The zero-order valence-corrected chi connectivity index (χ0v) is 9.43. The van der Waals surface area contributed by atoms with Gasteiger partial charge in [0.25, 0.3) is 0 Å².